The smallest absolute Gasteiger partial charge is 0.306 e. The standard InChI is InChI=1S/C53H94O10/c1-3-5-7-9-11-13-15-17-19-21-22-23-24-26-28-30-32-34-36-38-40-42-49(56)62-46(45-61-53-52(59)51(58)50(57)47(43-54)63-53)44-60-48(55)41-39-37-35-33-31-29-27-25-20-18-16-14-12-10-8-6-4-2/h12,14-15,17-18,20-22,46-47,50-54,57-59H,3-11,13,16,19,23-45H2,1-2H3/b14-12-,17-15-,20-18-,22-21-. The summed E-state index contributed by atoms with van der Waals surface area (Å²) in [7, 11) is 0. The van der Waals surface area contributed by atoms with E-state index in [-0.39, 0.29) is 32.0 Å². The number of aliphatic hydroxyl groups excluding tert-OH is 4. The molecule has 366 valence electrons. The van der Waals surface area contributed by atoms with Gasteiger partial charge in [0.05, 0.1) is 13.2 Å². The largest absolute Gasteiger partial charge is 0.462 e. The van der Waals surface area contributed by atoms with Crippen molar-refractivity contribution in [1.29, 1.82) is 0 Å². The van der Waals surface area contributed by atoms with Crippen molar-refractivity contribution in [3.8, 4) is 0 Å². The van der Waals surface area contributed by atoms with E-state index in [2.05, 4.69) is 62.5 Å². The van der Waals surface area contributed by atoms with Gasteiger partial charge in [-0.3, -0.25) is 9.59 Å². The molecule has 0 aromatic heterocycles. The van der Waals surface area contributed by atoms with E-state index in [1.807, 2.05) is 0 Å². The first-order valence-corrected chi connectivity index (χ1v) is 25.7. The number of ether oxygens (including phenoxy) is 4. The lowest BCUT2D eigenvalue weighted by molar-refractivity contribution is -0.305. The molecule has 10 heteroatoms. The zero-order chi connectivity index (χ0) is 45.9. The van der Waals surface area contributed by atoms with E-state index in [1.165, 1.54) is 116 Å². The van der Waals surface area contributed by atoms with Gasteiger partial charge in [0.1, 0.15) is 31.0 Å². The van der Waals surface area contributed by atoms with Crippen LogP contribution in [-0.4, -0.2) is 89.0 Å². The second kappa shape index (κ2) is 43.5. The highest BCUT2D eigenvalue weighted by molar-refractivity contribution is 5.70. The number of carbonyl (C=O) groups excluding carboxylic acids is 2. The Kier molecular flexibility index (Phi) is 40.6. The molecule has 1 heterocycles. The van der Waals surface area contributed by atoms with Crippen molar-refractivity contribution in [1.82, 2.24) is 0 Å². The number of hydrogen-bond acceptors (Lipinski definition) is 10. The fraction of sp³-hybridized carbons (Fsp3) is 0.811. The summed E-state index contributed by atoms with van der Waals surface area (Å²) in [6.45, 7) is 3.39. The van der Waals surface area contributed by atoms with Gasteiger partial charge in [-0.05, 0) is 77.0 Å². The third-order valence-electron chi connectivity index (χ3n) is 11.7. The first-order chi connectivity index (χ1) is 30.8. The minimum Gasteiger partial charge on any atom is -0.462 e. The van der Waals surface area contributed by atoms with Crippen molar-refractivity contribution in [2.75, 3.05) is 19.8 Å². The molecule has 1 aliphatic heterocycles. The van der Waals surface area contributed by atoms with Crippen molar-refractivity contribution in [2.24, 2.45) is 0 Å². The fourth-order valence-electron chi connectivity index (χ4n) is 7.60. The molecule has 0 saturated carbocycles. The lowest BCUT2D eigenvalue weighted by Crippen LogP contribution is -2.59. The van der Waals surface area contributed by atoms with E-state index in [9.17, 15) is 30.0 Å². The lowest BCUT2D eigenvalue weighted by atomic mass is 9.99. The minimum atomic E-state index is -1.60. The summed E-state index contributed by atoms with van der Waals surface area (Å²) in [4.78, 5) is 25.4. The molecule has 4 N–H and O–H groups in total. The Balaban J connectivity index is 2.27. The van der Waals surface area contributed by atoms with Crippen molar-refractivity contribution in [3.63, 3.8) is 0 Å². The van der Waals surface area contributed by atoms with Crippen LogP contribution >= 0.6 is 0 Å². The molecule has 1 saturated heterocycles. The second-order valence-electron chi connectivity index (χ2n) is 17.6. The molecule has 0 aromatic carbocycles. The molecule has 1 fully saturated rings. The van der Waals surface area contributed by atoms with Gasteiger partial charge in [-0.2, -0.15) is 0 Å². The average molecular weight is 891 g/mol. The number of carbonyl (C=O) groups is 2. The van der Waals surface area contributed by atoms with Gasteiger partial charge in [0.15, 0.2) is 12.4 Å². The zero-order valence-corrected chi connectivity index (χ0v) is 40.1. The van der Waals surface area contributed by atoms with Gasteiger partial charge in [-0.25, -0.2) is 0 Å². The first kappa shape index (κ1) is 58.7. The summed E-state index contributed by atoms with van der Waals surface area (Å²) < 4.78 is 22.2. The Morgan fingerprint density at radius 3 is 1.35 bits per heavy atom. The highest BCUT2D eigenvalue weighted by Gasteiger charge is 2.44. The normalized spacial score (nSPS) is 19.9. The Morgan fingerprint density at radius 1 is 0.492 bits per heavy atom. The van der Waals surface area contributed by atoms with Gasteiger partial charge >= 0.3 is 11.9 Å². The van der Waals surface area contributed by atoms with Crippen molar-refractivity contribution in [3.05, 3.63) is 48.6 Å². The molecular formula is C53H94O10. The summed E-state index contributed by atoms with van der Waals surface area (Å²) in [5.74, 6) is -0.817. The van der Waals surface area contributed by atoms with Crippen LogP contribution in [0.4, 0.5) is 0 Å². The van der Waals surface area contributed by atoms with Gasteiger partial charge in [0.25, 0.3) is 0 Å². The highest BCUT2D eigenvalue weighted by atomic mass is 16.7. The number of unbranched alkanes of at least 4 members (excludes halogenated alkanes) is 24. The first-order valence-electron chi connectivity index (χ1n) is 25.7. The van der Waals surface area contributed by atoms with Gasteiger partial charge in [-0.1, -0.05) is 178 Å². The molecule has 10 nitrogen and oxygen atoms in total. The fourth-order valence-corrected chi connectivity index (χ4v) is 7.60. The predicted octanol–water partition coefficient (Wildman–Crippen LogP) is 12.0. The van der Waals surface area contributed by atoms with Crippen molar-refractivity contribution >= 4 is 11.9 Å². The Labute approximate surface area is 384 Å². The number of esters is 2. The van der Waals surface area contributed by atoms with Crippen LogP contribution in [-0.2, 0) is 28.5 Å². The number of hydrogen-bond donors (Lipinski definition) is 4. The monoisotopic (exact) mass is 891 g/mol. The van der Waals surface area contributed by atoms with Gasteiger partial charge < -0.3 is 39.4 Å². The van der Waals surface area contributed by atoms with E-state index >= 15 is 0 Å². The van der Waals surface area contributed by atoms with Crippen LogP contribution in [0.5, 0.6) is 0 Å². The van der Waals surface area contributed by atoms with E-state index < -0.39 is 49.4 Å². The summed E-state index contributed by atoms with van der Waals surface area (Å²) in [6, 6.07) is 0. The van der Waals surface area contributed by atoms with Crippen LogP contribution in [0.2, 0.25) is 0 Å². The van der Waals surface area contributed by atoms with Gasteiger partial charge in [0, 0.05) is 12.8 Å². The van der Waals surface area contributed by atoms with E-state index in [4.69, 9.17) is 18.9 Å². The molecular weight excluding hydrogens is 797 g/mol. The van der Waals surface area contributed by atoms with E-state index in [1.54, 1.807) is 0 Å². The molecule has 6 atom stereocenters. The molecule has 0 aromatic rings. The third-order valence-corrected chi connectivity index (χ3v) is 11.7. The summed E-state index contributed by atoms with van der Waals surface area (Å²) >= 11 is 0. The van der Waals surface area contributed by atoms with Gasteiger partial charge in [-0.15, -0.1) is 0 Å². The van der Waals surface area contributed by atoms with Crippen LogP contribution in [0.25, 0.3) is 0 Å². The number of allylic oxidation sites excluding steroid dienone is 8. The van der Waals surface area contributed by atoms with Crippen LogP contribution in [0.15, 0.2) is 48.6 Å². The molecule has 0 aliphatic carbocycles. The second-order valence-corrected chi connectivity index (χ2v) is 17.6. The summed E-state index contributed by atoms with van der Waals surface area (Å²) in [5.41, 5.74) is 0. The molecule has 63 heavy (non-hydrogen) atoms. The third kappa shape index (κ3) is 34.6. The molecule has 1 aliphatic rings. The molecule has 0 amide bonds. The van der Waals surface area contributed by atoms with Crippen molar-refractivity contribution in [2.45, 2.75) is 256 Å². The maximum Gasteiger partial charge on any atom is 0.306 e. The van der Waals surface area contributed by atoms with E-state index in [0.717, 1.165) is 64.2 Å². The Bertz CT molecular complexity index is 1170. The van der Waals surface area contributed by atoms with Crippen LogP contribution < -0.4 is 0 Å². The number of aliphatic hydroxyl groups is 4. The molecule has 0 bridgehead atoms. The van der Waals surface area contributed by atoms with E-state index in [0.29, 0.717) is 12.8 Å². The maximum absolute atomic E-state index is 12.8. The molecule has 1 rings (SSSR count). The molecule has 0 radical (unpaired) electrons. The quantitative estimate of drug-likeness (QED) is 0.0264. The van der Waals surface area contributed by atoms with Crippen LogP contribution in [0.3, 0.4) is 0 Å². The SMILES string of the molecule is CCCCC/C=C\C/C=C\CCCCCCCCCC(=O)OCC(COC1OC(CO)C(O)C(O)C1O)OC(=O)CCCCCCCCCCC/C=C\C/C=C\CCCCCCC. The zero-order valence-electron chi connectivity index (χ0n) is 40.1. The average Bonchev–Trinajstić information content (AvgIpc) is 3.28. The summed E-state index contributed by atoms with van der Waals surface area (Å²) in [5, 5.41) is 40.2. The molecule has 6 unspecified atom stereocenters. The molecule has 0 spiro atoms. The number of rotatable bonds is 43. The Morgan fingerprint density at radius 2 is 0.889 bits per heavy atom. The topological polar surface area (TPSA) is 152 Å². The maximum atomic E-state index is 12.8. The Hall–Kier alpha value is -2.34. The van der Waals surface area contributed by atoms with Gasteiger partial charge in [0.2, 0.25) is 0 Å². The van der Waals surface area contributed by atoms with Crippen molar-refractivity contribution < 1.29 is 49.0 Å². The van der Waals surface area contributed by atoms with Crippen LogP contribution in [0, 0.1) is 0 Å². The predicted molar refractivity (Wildman–Crippen MR) is 256 cm³/mol. The lowest BCUT2D eigenvalue weighted by Gasteiger charge is -2.39. The van der Waals surface area contributed by atoms with Crippen LogP contribution in [0.1, 0.15) is 219 Å². The summed E-state index contributed by atoms with van der Waals surface area (Å²) in [6.07, 6.45) is 45.4. The highest BCUT2D eigenvalue weighted by Crippen LogP contribution is 2.23. The minimum absolute atomic E-state index is 0.223.